The van der Waals surface area contributed by atoms with Crippen molar-refractivity contribution >= 4 is 5.97 Å². The van der Waals surface area contributed by atoms with Crippen molar-refractivity contribution in [2.24, 2.45) is 0 Å². The van der Waals surface area contributed by atoms with Gasteiger partial charge in [-0.15, -0.1) is 0 Å². The largest absolute Gasteiger partial charge is 0.480 e. The summed E-state index contributed by atoms with van der Waals surface area (Å²) in [6, 6.07) is 11.3. The molecule has 0 bridgehead atoms. The molecule has 0 aliphatic rings. The fraction of sp³-hybridized carbons (Fsp3) is 0.450. The van der Waals surface area contributed by atoms with E-state index in [1.54, 1.807) is 4.90 Å². The van der Waals surface area contributed by atoms with Crippen LogP contribution < -0.4 is 0 Å². The molecule has 8 heteroatoms. The Balaban J connectivity index is 2.16. The maximum absolute atomic E-state index is 11.0. The Kier molecular flexibility index (Phi) is 8.46. The molecule has 0 aliphatic heterocycles. The fourth-order valence-electron chi connectivity index (χ4n) is 2.89. The number of aliphatic carboxylic acids is 1. The van der Waals surface area contributed by atoms with Crippen LogP contribution in [0.3, 0.4) is 0 Å². The Morgan fingerprint density at radius 3 is 1.86 bits per heavy atom. The third-order valence-electron chi connectivity index (χ3n) is 4.32. The minimum atomic E-state index is -1.38. The van der Waals surface area contributed by atoms with E-state index in [1.807, 2.05) is 55.1 Å². The molecule has 0 saturated carbocycles. The summed E-state index contributed by atoms with van der Waals surface area (Å²) in [5.41, 5.74) is 3.04. The summed E-state index contributed by atoms with van der Waals surface area (Å²) < 4.78 is 0. The van der Waals surface area contributed by atoms with Gasteiger partial charge in [0.1, 0.15) is 0 Å². The zero-order valence-electron chi connectivity index (χ0n) is 16.3. The summed E-state index contributed by atoms with van der Waals surface area (Å²) >= 11 is 0. The molecule has 2 rings (SSSR count). The molecule has 0 aromatic carbocycles. The van der Waals surface area contributed by atoms with Gasteiger partial charge in [-0.05, 0) is 37.4 Å². The summed E-state index contributed by atoms with van der Waals surface area (Å²) in [6.45, 7) is 6.25. The lowest BCUT2D eigenvalue weighted by Gasteiger charge is -2.21. The number of carboxylic acid groups (broad SMARTS) is 1. The topological polar surface area (TPSA) is 110 Å². The molecule has 28 heavy (non-hydrogen) atoms. The van der Waals surface area contributed by atoms with Gasteiger partial charge in [0.05, 0.1) is 29.3 Å². The van der Waals surface area contributed by atoms with Gasteiger partial charge in [0.2, 0.25) is 0 Å². The van der Waals surface area contributed by atoms with Crippen LogP contribution >= 0.6 is 0 Å². The first-order chi connectivity index (χ1) is 13.4. The molecule has 2 aromatic rings. The van der Waals surface area contributed by atoms with Gasteiger partial charge in [-0.1, -0.05) is 26.0 Å². The highest BCUT2D eigenvalue weighted by atomic mass is 16.5. The maximum atomic E-state index is 11.0. The molecule has 0 saturated heterocycles. The van der Waals surface area contributed by atoms with E-state index >= 15 is 0 Å². The Morgan fingerprint density at radius 1 is 0.929 bits per heavy atom. The Labute approximate surface area is 165 Å². The van der Waals surface area contributed by atoms with Crippen LogP contribution in [0.25, 0.3) is 11.4 Å². The first-order valence-electron chi connectivity index (χ1n) is 9.36. The SMILES string of the molecule is CCN(CC(=O)O)Cc1cccc(-c2cccc(CN(CC)CC(O)O)n2)n1. The molecular weight excluding hydrogens is 360 g/mol. The summed E-state index contributed by atoms with van der Waals surface area (Å²) in [4.78, 5) is 23.9. The van der Waals surface area contributed by atoms with Crippen LogP contribution in [0, 0.1) is 0 Å². The number of rotatable bonds is 11. The van der Waals surface area contributed by atoms with Crippen molar-refractivity contribution in [3.8, 4) is 11.4 Å². The van der Waals surface area contributed by atoms with Gasteiger partial charge in [-0.2, -0.15) is 0 Å². The predicted octanol–water partition coefficient (Wildman–Crippen LogP) is 1.18. The van der Waals surface area contributed by atoms with Crippen LogP contribution in [0.5, 0.6) is 0 Å². The Bertz CT molecular complexity index is 769. The number of aromatic nitrogens is 2. The monoisotopic (exact) mass is 388 g/mol. The van der Waals surface area contributed by atoms with Crippen molar-refractivity contribution in [1.82, 2.24) is 19.8 Å². The van der Waals surface area contributed by atoms with Crippen LogP contribution in [0.15, 0.2) is 36.4 Å². The lowest BCUT2D eigenvalue weighted by atomic mass is 10.2. The number of hydrogen-bond acceptors (Lipinski definition) is 7. The van der Waals surface area contributed by atoms with Crippen LogP contribution in [0.2, 0.25) is 0 Å². The van der Waals surface area contributed by atoms with Crippen molar-refractivity contribution in [3.63, 3.8) is 0 Å². The number of likely N-dealkylation sites (N-methyl/N-ethyl adjacent to an activating group) is 2. The van der Waals surface area contributed by atoms with E-state index < -0.39 is 12.3 Å². The van der Waals surface area contributed by atoms with Gasteiger partial charge in [0.15, 0.2) is 6.29 Å². The quantitative estimate of drug-likeness (QED) is 0.492. The Morgan fingerprint density at radius 2 is 1.43 bits per heavy atom. The van der Waals surface area contributed by atoms with Crippen LogP contribution in [0.1, 0.15) is 25.2 Å². The molecular formula is C20H28N4O4. The molecule has 0 atom stereocenters. The fourth-order valence-corrected chi connectivity index (χ4v) is 2.89. The van der Waals surface area contributed by atoms with E-state index in [0.29, 0.717) is 26.2 Å². The molecule has 152 valence electrons. The van der Waals surface area contributed by atoms with Crippen molar-refractivity contribution in [2.75, 3.05) is 26.2 Å². The smallest absolute Gasteiger partial charge is 0.317 e. The zero-order chi connectivity index (χ0) is 20.5. The van der Waals surface area contributed by atoms with E-state index in [4.69, 9.17) is 5.11 Å². The van der Waals surface area contributed by atoms with Gasteiger partial charge in [0, 0.05) is 19.6 Å². The highest BCUT2D eigenvalue weighted by Gasteiger charge is 2.12. The van der Waals surface area contributed by atoms with E-state index in [2.05, 4.69) is 9.97 Å². The van der Waals surface area contributed by atoms with Crippen LogP contribution in [-0.4, -0.2) is 73.5 Å². The van der Waals surface area contributed by atoms with Crippen molar-refractivity contribution in [1.29, 1.82) is 0 Å². The first-order valence-corrected chi connectivity index (χ1v) is 9.36. The highest BCUT2D eigenvalue weighted by Crippen LogP contribution is 2.17. The maximum Gasteiger partial charge on any atom is 0.317 e. The summed E-state index contributed by atoms with van der Waals surface area (Å²) in [5, 5.41) is 27.4. The lowest BCUT2D eigenvalue weighted by Crippen LogP contribution is -2.32. The number of carboxylic acids is 1. The molecule has 0 unspecified atom stereocenters. The van der Waals surface area contributed by atoms with Crippen molar-refractivity contribution < 1.29 is 20.1 Å². The molecule has 0 radical (unpaired) electrons. The molecule has 0 fully saturated rings. The van der Waals surface area contributed by atoms with E-state index in [-0.39, 0.29) is 13.1 Å². The summed E-state index contributed by atoms with van der Waals surface area (Å²) in [7, 11) is 0. The normalized spacial score (nSPS) is 11.5. The molecule has 2 heterocycles. The standard InChI is InChI=1S/C20H28N4O4/c1-3-23(13-19(25)26)11-15-7-5-9-17(21-15)18-10-6-8-16(22-18)12-24(4-2)14-20(27)28/h5-10,19,25-26H,3-4,11-14H2,1-2H3,(H,27,28). The molecule has 2 aromatic heterocycles. The minimum absolute atomic E-state index is 0.0281. The van der Waals surface area contributed by atoms with Gasteiger partial charge < -0.3 is 15.3 Å². The Hall–Kier alpha value is -2.39. The van der Waals surface area contributed by atoms with Gasteiger partial charge in [0.25, 0.3) is 0 Å². The second-order valence-electron chi connectivity index (χ2n) is 6.53. The molecule has 0 aliphatic carbocycles. The van der Waals surface area contributed by atoms with Gasteiger partial charge in [-0.3, -0.25) is 14.6 Å². The van der Waals surface area contributed by atoms with E-state index in [9.17, 15) is 15.0 Å². The average Bonchev–Trinajstić information content (AvgIpc) is 2.66. The number of nitrogens with zero attached hydrogens (tertiary/aromatic N) is 4. The second-order valence-corrected chi connectivity index (χ2v) is 6.53. The van der Waals surface area contributed by atoms with Crippen LogP contribution in [-0.2, 0) is 17.9 Å². The van der Waals surface area contributed by atoms with Gasteiger partial charge >= 0.3 is 5.97 Å². The lowest BCUT2D eigenvalue weighted by molar-refractivity contribution is -0.138. The summed E-state index contributed by atoms with van der Waals surface area (Å²) in [6.07, 6.45) is -1.38. The molecule has 0 spiro atoms. The number of hydrogen-bond donors (Lipinski definition) is 3. The minimum Gasteiger partial charge on any atom is -0.480 e. The average molecular weight is 388 g/mol. The molecule has 3 N–H and O–H groups in total. The number of aliphatic hydroxyl groups is 2. The first kappa shape index (κ1) is 21.9. The molecule has 8 nitrogen and oxygen atoms in total. The number of carbonyl (C=O) groups is 1. The van der Waals surface area contributed by atoms with Gasteiger partial charge in [-0.25, -0.2) is 9.97 Å². The predicted molar refractivity (Wildman–Crippen MR) is 105 cm³/mol. The van der Waals surface area contributed by atoms with E-state index in [1.165, 1.54) is 0 Å². The summed E-state index contributed by atoms with van der Waals surface area (Å²) in [5.74, 6) is -0.860. The zero-order valence-corrected chi connectivity index (χ0v) is 16.3. The highest BCUT2D eigenvalue weighted by molar-refractivity contribution is 5.69. The third kappa shape index (κ3) is 6.97. The van der Waals surface area contributed by atoms with Crippen molar-refractivity contribution in [3.05, 3.63) is 47.8 Å². The van der Waals surface area contributed by atoms with Crippen LogP contribution in [0.4, 0.5) is 0 Å². The van der Waals surface area contributed by atoms with E-state index in [0.717, 1.165) is 22.8 Å². The number of aliphatic hydroxyl groups excluding tert-OH is 1. The number of pyridine rings is 2. The third-order valence-corrected chi connectivity index (χ3v) is 4.32. The molecule has 0 amide bonds. The second kappa shape index (κ2) is 10.8. The van der Waals surface area contributed by atoms with Crippen molar-refractivity contribution in [2.45, 2.75) is 33.2 Å².